The van der Waals surface area contributed by atoms with Gasteiger partial charge in [0, 0.05) is 35.6 Å². The van der Waals surface area contributed by atoms with Crippen LogP contribution in [0.15, 0.2) is 60.8 Å². The number of rotatable bonds is 3. The van der Waals surface area contributed by atoms with Gasteiger partial charge in [-0.15, -0.1) is 0 Å². The topological polar surface area (TPSA) is 33.2 Å². The maximum Gasteiger partial charge on any atom is 0.227 e. The molecule has 1 saturated heterocycles. The molecule has 120 valence electrons. The molecule has 3 nitrogen and oxygen atoms in total. The van der Waals surface area contributed by atoms with Gasteiger partial charge in [0.25, 0.3) is 0 Å². The van der Waals surface area contributed by atoms with Crippen molar-refractivity contribution in [3.63, 3.8) is 0 Å². The summed E-state index contributed by atoms with van der Waals surface area (Å²) in [4.78, 5) is 18.7. The van der Waals surface area contributed by atoms with Crippen molar-refractivity contribution in [3.05, 3.63) is 76.9 Å². The number of amides is 1. The summed E-state index contributed by atoms with van der Waals surface area (Å²) in [6, 6.07) is 17.9. The van der Waals surface area contributed by atoms with Crippen molar-refractivity contribution >= 4 is 28.4 Å². The lowest BCUT2D eigenvalue weighted by Gasteiger charge is -2.39. The highest BCUT2D eigenvalue weighted by Gasteiger charge is 2.31. The molecule has 1 aliphatic rings. The predicted molar refractivity (Wildman–Crippen MR) is 96.2 cm³/mol. The van der Waals surface area contributed by atoms with Gasteiger partial charge in [0.05, 0.1) is 11.9 Å². The minimum Gasteiger partial charge on any atom is -0.341 e. The van der Waals surface area contributed by atoms with Crippen molar-refractivity contribution in [2.75, 3.05) is 13.1 Å². The lowest BCUT2D eigenvalue weighted by Crippen LogP contribution is -2.49. The molecule has 0 N–H and O–H groups in total. The van der Waals surface area contributed by atoms with Gasteiger partial charge < -0.3 is 4.90 Å². The first-order valence-electron chi connectivity index (χ1n) is 8.06. The average Bonchev–Trinajstić information content (AvgIpc) is 2.53. The van der Waals surface area contributed by atoms with E-state index < -0.39 is 0 Å². The molecule has 24 heavy (non-hydrogen) atoms. The first-order valence-corrected chi connectivity index (χ1v) is 8.44. The van der Waals surface area contributed by atoms with Crippen molar-refractivity contribution in [1.29, 1.82) is 0 Å². The molecular weight excluding hydrogens is 320 g/mol. The van der Waals surface area contributed by atoms with Gasteiger partial charge in [-0.05, 0) is 41.5 Å². The molecule has 1 aromatic heterocycles. The number of fused-ring (bicyclic) bond motifs is 1. The average molecular weight is 337 g/mol. The van der Waals surface area contributed by atoms with E-state index in [-0.39, 0.29) is 5.91 Å². The molecule has 4 rings (SSSR count). The third-order valence-electron chi connectivity index (χ3n) is 4.58. The highest BCUT2D eigenvalue weighted by atomic mass is 35.5. The highest BCUT2D eigenvalue weighted by molar-refractivity contribution is 6.30. The minimum atomic E-state index is 0.177. The summed E-state index contributed by atoms with van der Waals surface area (Å²) in [7, 11) is 0. The Labute approximate surface area is 145 Å². The Bertz CT molecular complexity index is 903. The van der Waals surface area contributed by atoms with Gasteiger partial charge >= 0.3 is 0 Å². The van der Waals surface area contributed by atoms with Crippen LogP contribution in [0.25, 0.3) is 10.9 Å². The van der Waals surface area contributed by atoms with Crippen molar-refractivity contribution < 1.29 is 4.79 Å². The molecule has 0 bridgehead atoms. The van der Waals surface area contributed by atoms with E-state index in [4.69, 9.17) is 11.6 Å². The number of carbonyl (C=O) groups excluding carboxylic acids is 1. The number of hydrogen-bond donors (Lipinski definition) is 0. The Morgan fingerprint density at radius 2 is 2.00 bits per heavy atom. The van der Waals surface area contributed by atoms with Gasteiger partial charge in [-0.2, -0.15) is 0 Å². The fraction of sp³-hybridized carbons (Fsp3) is 0.200. The maximum atomic E-state index is 12.5. The Hall–Kier alpha value is -2.39. The minimum absolute atomic E-state index is 0.177. The normalized spacial score (nSPS) is 14.6. The van der Waals surface area contributed by atoms with Crippen molar-refractivity contribution in [2.45, 2.75) is 12.3 Å². The van der Waals surface area contributed by atoms with Crippen LogP contribution in [-0.4, -0.2) is 28.9 Å². The largest absolute Gasteiger partial charge is 0.341 e. The third kappa shape index (κ3) is 3.00. The second-order valence-electron chi connectivity index (χ2n) is 6.26. The fourth-order valence-electron chi connectivity index (χ4n) is 3.18. The second-order valence-corrected chi connectivity index (χ2v) is 6.69. The molecule has 0 spiro atoms. The zero-order valence-corrected chi connectivity index (χ0v) is 13.9. The summed E-state index contributed by atoms with van der Waals surface area (Å²) in [6.45, 7) is 1.54. The van der Waals surface area contributed by atoms with Gasteiger partial charge in [0.1, 0.15) is 0 Å². The van der Waals surface area contributed by atoms with E-state index in [1.54, 1.807) is 6.20 Å². The molecule has 0 unspecified atom stereocenters. The lowest BCUT2D eigenvalue weighted by molar-refractivity contribution is -0.134. The number of hydrogen-bond acceptors (Lipinski definition) is 2. The van der Waals surface area contributed by atoms with Crippen molar-refractivity contribution in [1.82, 2.24) is 9.88 Å². The Kier molecular flexibility index (Phi) is 3.95. The van der Waals surface area contributed by atoms with E-state index in [1.165, 1.54) is 5.56 Å². The molecule has 0 aliphatic carbocycles. The van der Waals surface area contributed by atoms with Crippen molar-refractivity contribution in [3.8, 4) is 0 Å². The van der Waals surface area contributed by atoms with E-state index in [1.807, 2.05) is 47.4 Å². The first-order chi connectivity index (χ1) is 11.7. The molecule has 1 aliphatic heterocycles. The maximum absolute atomic E-state index is 12.5. The number of pyridine rings is 1. The molecule has 1 amide bonds. The summed E-state index contributed by atoms with van der Waals surface area (Å²) < 4.78 is 0. The number of nitrogens with zero attached hydrogens (tertiary/aromatic N) is 2. The second kappa shape index (κ2) is 6.25. The monoisotopic (exact) mass is 336 g/mol. The van der Waals surface area contributed by atoms with E-state index in [0.717, 1.165) is 34.6 Å². The van der Waals surface area contributed by atoms with Gasteiger partial charge in [0.2, 0.25) is 5.91 Å². The molecule has 1 fully saturated rings. The molecule has 0 atom stereocenters. The Balaban J connectivity index is 1.40. The van der Waals surface area contributed by atoms with Gasteiger partial charge in [-0.1, -0.05) is 35.9 Å². The first kappa shape index (κ1) is 15.2. The van der Waals surface area contributed by atoms with Gasteiger partial charge in [0.15, 0.2) is 0 Å². The Morgan fingerprint density at radius 1 is 1.12 bits per heavy atom. The van der Waals surface area contributed by atoms with E-state index in [0.29, 0.717) is 12.3 Å². The molecule has 0 saturated carbocycles. The van der Waals surface area contributed by atoms with Crippen LogP contribution in [0, 0.1) is 0 Å². The van der Waals surface area contributed by atoms with Crippen LogP contribution >= 0.6 is 11.6 Å². The lowest BCUT2D eigenvalue weighted by atomic mass is 9.91. The number of benzene rings is 2. The van der Waals surface area contributed by atoms with Crippen LogP contribution in [0.2, 0.25) is 5.02 Å². The van der Waals surface area contributed by atoms with E-state index in [2.05, 4.69) is 17.1 Å². The quantitative estimate of drug-likeness (QED) is 0.722. The summed E-state index contributed by atoms with van der Waals surface area (Å²) in [6.07, 6.45) is 2.22. The van der Waals surface area contributed by atoms with Gasteiger partial charge in [-0.25, -0.2) is 0 Å². The number of carbonyl (C=O) groups is 1. The SMILES string of the molecule is O=C(Cc1ccc2ncccc2c1)N1CC(c2cccc(Cl)c2)C1. The van der Waals surface area contributed by atoms with Crippen LogP contribution in [-0.2, 0) is 11.2 Å². The zero-order chi connectivity index (χ0) is 16.5. The highest BCUT2D eigenvalue weighted by Crippen LogP contribution is 2.29. The Morgan fingerprint density at radius 3 is 2.83 bits per heavy atom. The van der Waals surface area contributed by atoms with E-state index in [9.17, 15) is 4.79 Å². The standard InChI is InChI=1S/C20H17ClN2O/c21-18-5-1-3-15(11-18)17-12-23(13-17)20(24)10-14-6-7-19-16(9-14)4-2-8-22-19/h1-9,11,17H,10,12-13H2. The summed E-state index contributed by atoms with van der Waals surface area (Å²) in [5.41, 5.74) is 3.20. The smallest absolute Gasteiger partial charge is 0.227 e. The van der Waals surface area contributed by atoms with E-state index >= 15 is 0 Å². The zero-order valence-electron chi connectivity index (χ0n) is 13.2. The summed E-state index contributed by atoms with van der Waals surface area (Å²) in [5, 5.41) is 1.82. The number of aromatic nitrogens is 1. The summed E-state index contributed by atoms with van der Waals surface area (Å²) >= 11 is 6.04. The molecular formula is C20H17ClN2O. The number of likely N-dealkylation sites (tertiary alicyclic amines) is 1. The molecule has 3 aromatic rings. The molecule has 2 heterocycles. The number of halogens is 1. The summed E-state index contributed by atoms with van der Waals surface area (Å²) in [5.74, 6) is 0.574. The van der Waals surface area contributed by atoms with Crippen LogP contribution in [0.3, 0.4) is 0 Å². The fourth-order valence-corrected chi connectivity index (χ4v) is 3.37. The van der Waals surface area contributed by atoms with Crippen LogP contribution < -0.4 is 0 Å². The predicted octanol–water partition coefficient (Wildman–Crippen LogP) is 4.06. The van der Waals surface area contributed by atoms with Crippen LogP contribution in [0.1, 0.15) is 17.0 Å². The molecule has 4 heteroatoms. The van der Waals surface area contributed by atoms with Crippen LogP contribution in [0.5, 0.6) is 0 Å². The van der Waals surface area contributed by atoms with Gasteiger partial charge in [-0.3, -0.25) is 9.78 Å². The van der Waals surface area contributed by atoms with Crippen LogP contribution in [0.4, 0.5) is 0 Å². The third-order valence-corrected chi connectivity index (χ3v) is 4.81. The molecule has 0 radical (unpaired) electrons. The van der Waals surface area contributed by atoms with Crippen molar-refractivity contribution in [2.24, 2.45) is 0 Å². The molecule has 2 aromatic carbocycles.